The van der Waals surface area contributed by atoms with Crippen molar-refractivity contribution in [2.24, 2.45) is 5.84 Å². The number of nitrogen functional groups attached to an aromatic ring is 1. The quantitative estimate of drug-likeness (QED) is 0.455. The number of non-ortho nitro benzene ring substituents is 1. The largest absolute Gasteiger partial charge is 0.355 e. The molecule has 0 aliphatic rings. The molecule has 0 bridgehead atoms. The number of benzene rings is 2. The Balaban J connectivity index is 2.34. The Morgan fingerprint density at radius 2 is 1.70 bits per heavy atom. The first-order valence-corrected chi connectivity index (χ1v) is 5.48. The van der Waals surface area contributed by atoms with E-state index in [4.69, 9.17) is 5.84 Å². The van der Waals surface area contributed by atoms with Crippen molar-refractivity contribution in [3.63, 3.8) is 0 Å². The first kappa shape index (κ1) is 13.7. The van der Waals surface area contributed by atoms with Crippen LogP contribution in [-0.4, -0.2) is 4.92 Å². The van der Waals surface area contributed by atoms with E-state index in [2.05, 4.69) is 10.7 Å². The summed E-state index contributed by atoms with van der Waals surface area (Å²) in [6, 6.07) is 7.21. The van der Waals surface area contributed by atoms with E-state index in [-0.39, 0.29) is 11.4 Å². The SMILES string of the molecule is NNc1cc(Nc2ccc(F)c(F)c2)cc([N+](=O)[O-])c1. The van der Waals surface area contributed by atoms with E-state index in [9.17, 15) is 18.9 Å². The van der Waals surface area contributed by atoms with Crippen molar-refractivity contribution < 1.29 is 13.7 Å². The topological polar surface area (TPSA) is 93.2 Å². The van der Waals surface area contributed by atoms with Gasteiger partial charge in [0, 0.05) is 29.6 Å². The fraction of sp³-hybridized carbons (Fsp3) is 0. The molecule has 0 saturated carbocycles. The molecule has 0 radical (unpaired) electrons. The van der Waals surface area contributed by atoms with E-state index >= 15 is 0 Å². The van der Waals surface area contributed by atoms with Gasteiger partial charge in [-0.05, 0) is 18.2 Å². The van der Waals surface area contributed by atoms with Crippen LogP contribution in [0.2, 0.25) is 0 Å². The number of hydrogen-bond acceptors (Lipinski definition) is 5. The number of hydrogen-bond donors (Lipinski definition) is 3. The van der Waals surface area contributed by atoms with Gasteiger partial charge in [0.05, 0.1) is 10.6 Å². The third-order valence-corrected chi connectivity index (χ3v) is 2.50. The number of nitrogens with two attached hydrogens (primary N) is 1. The van der Waals surface area contributed by atoms with Gasteiger partial charge < -0.3 is 10.7 Å². The maximum Gasteiger partial charge on any atom is 0.273 e. The molecular weight excluding hydrogens is 270 g/mol. The zero-order chi connectivity index (χ0) is 14.7. The molecule has 0 heterocycles. The summed E-state index contributed by atoms with van der Waals surface area (Å²) in [6.07, 6.45) is 0. The molecule has 2 rings (SSSR count). The number of nitrogens with one attached hydrogen (secondary N) is 2. The second-order valence-electron chi connectivity index (χ2n) is 3.92. The molecule has 0 amide bonds. The molecule has 4 N–H and O–H groups in total. The summed E-state index contributed by atoms with van der Waals surface area (Å²) in [5.41, 5.74) is 2.99. The van der Waals surface area contributed by atoms with Gasteiger partial charge in [-0.15, -0.1) is 0 Å². The van der Waals surface area contributed by atoms with Crippen molar-refractivity contribution in [1.29, 1.82) is 0 Å². The minimum atomic E-state index is -1.02. The molecule has 2 aromatic carbocycles. The summed E-state index contributed by atoms with van der Waals surface area (Å²) in [6.45, 7) is 0. The number of nitro benzene ring substituents is 1. The lowest BCUT2D eigenvalue weighted by Gasteiger charge is -2.09. The monoisotopic (exact) mass is 280 g/mol. The Morgan fingerprint density at radius 3 is 2.30 bits per heavy atom. The smallest absolute Gasteiger partial charge is 0.273 e. The Labute approximate surface area is 112 Å². The standard InChI is InChI=1S/C12H10F2N4O2/c13-11-2-1-7(6-12(11)14)16-8-3-9(17-15)5-10(4-8)18(19)20/h1-6,16-17H,15H2. The summed E-state index contributed by atoms with van der Waals surface area (Å²) in [5, 5.41) is 13.5. The van der Waals surface area contributed by atoms with Gasteiger partial charge in [-0.25, -0.2) is 8.78 Å². The average molecular weight is 280 g/mol. The van der Waals surface area contributed by atoms with E-state index in [1.807, 2.05) is 0 Å². The Kier molecular flexibility index (Phi) is 3.76. The minimum absolute atomic E-state index is 0.189. The van der Waals surface area contributed by atoms with Gasteiger partial charge in [-0.1, -0.05) is 0 Å². The van der Waals surface area contributed by atoms with Crippen LogP contribution in [-0.2, 0) is 0 Å². The van der Waals surface area contributed by atoms with Gasteiger partial charge >= 0.3 is 0 Å². The molecule has 0 aromatic heterocycles. The first-order valence-electron chi connectivity index (χ1n) is 5.48. The summed E-state index contributed by atoms with van der Waals surface area (Å²) < 4.78 is 25.9. The number of halogens is 2. The molecule has 104 valence electrons. The minimum Gasteiger partial charge on any atom is -0.355 e. The highest BCUT2D eigenvalue weighted by molar-refractivity contribution is 5.68. The lowest BCUT2D eigenvalue weighted by Crippen LogP contribution is -2.07. The van der Waals surface area contributed by atoms with Crippen LogP contribution in [0.15, 0.2) is 36.4 Å². The van der Waals surface area contributed by atoms with Crippen LogP contribution < -0.4 is 16.6 Å². The molecule has 0 spiro atoms. The van der Waals surface area contributed by atoms with Crippen molar-refractivity contribution in [3.8, 4) is 0 Å². The van der Waals surface area contributed by atoms with Crippen molar-refractivity contribution in [3.05, 3.63) is 58.1 Å². The summed E-state index contributed by atoms with van der Waals surface area (Å²) in [5.74, 6) is 3.23. The highest BCUT2D eigenvalue weighted by Gasteiger charge is 2.10. The van der Waals surface area contributed by atoms with Gasteiger partial charge in [0.15, 0.2) is 11.6 Å². The van der Waals surface area contributed by atoms with Crippen molar-refractivity contribution >= 4 is 22.7 Å². The van der Waals surface area contributed by atoms with Crippen LogP contribution in [0.1, 0.15) is 0 Å². The number of rotatable bonds is 4. The van der Waals surface area contributed by atoms with Crippen molar-refractivity contribution in [2.45, 2.75) is 0 Å². The average Bonchev–Trinajstić information content (AvgIpc) is 2.42. The van der Waals surface area contributed by atoms with Crippen LogP contribution in [0.5, 0.6) is 0 Å². The van der Waals surface area contributed by atoms with Gasteiger partial charge in [-0.3, -0.25) is 16.0 Å². The van der Waals surface area contributed by atoms with Gasteiger partial charge in [0.25, 0.3) is 5.69 Å². The van der Waals surface area contributed by atoms with E-state index < -0.39 is 16.6 Å². The first-order chi connectivity index (χ1) is 9.49. The summed E-state index contributed by atoms with van der Waals surface area (Å²) in [7, 11) is 0. The molecule has 0 aliphatic carbocycles. The van der Waals surface area contributed by atoms with E-state index in [1.165, 1.54) is 24.3 Å². The lowest BCUT2D eigenvalue weighted by molar-refractivity contribution is -0.384. The van der Waals surface area contributed by atoms with Crippen LogP contribution in [0.3, 0.4) is 0 Å². The van der Waals surface area contributed by atoms with Crippen LogP contribution in [0.4, 0.5) is 31.5 Å². The van der Waals surface area contributed by atoms with Gasteiger partial charge in [0.2, 0.25) is 0 Å². The number of hydrazine groups is 1. The zero-order valence-electron chi connectivity index (χ0n) is 10.1. The molecule has 0 saturated heterocycles. The second kappa shape index (κ2) is 5.49. The van der Waals surface area contributed by atoms with Gasteiger partial charge in [-0.2, -0.15) is 0 Å². The summed E-state index contributed by atoms with van der Waals surface area (Å²) in [4.78, 5) is 10.2. The van der Waals surface area contributed by atoms with Crippen molar-refractivity contribution in [2.75, 3.05) is 10.7 Å². The molecule has 8 heteroatoms. The normalized spacial score (nSPS) is 10.2. The van der Waals surface area contributed by atoms with Gasteiger partial charge in [0.1, 0.15) is 0 Å². The third kappa shape index (κ3) is 2.98. The lowest BCUT2D eigenvalue weighted by atomic mass is 10.2. The molecule has 6 nitrogen and oxygen atoms in total. The number of nitro groups is 1. The fourth-order valence-electron chi connectivity index (χ4n) is 1.61. The van der Waals surface area contributed by atoms with Crippen LogP contribution in [0.25, 0.3) is 0 Å². The van der Waals surface area contributed by atoms with E-state index in [0.29, 0.717) is 11.4 Å². The molecule has 2 aromatic rings. The molecule has 20 heavy (non-hydrogen) atoms. The number of nitrogens with zero attached hydrogens (tertiary/aromatic N) is 1. The highest BCUT2D eigenvalue weighted by Crippen LogP contribution is 2.26. The van der Waals surface area contributed by atoms with E-state index in [1.54, 1.807) is 0 Å². The highest BCUT2D eigenvalue weighted by atomic mass is 19.2. The predicted octanol–water partition coefficient (Wildman–Crippen LogP) is 2.90. The fourth-order valence-corrected chi connectivity index (χ4v) is 1.61. The predicted molar refractivity (Wildman–Crippen MR) is 70.5 cm³/mol. The molecule has 0 fully saturated rings. The maximum absolute atomic E-state index is 13.1. The number of anilines is 3. The molecule has 0 atom stereocenters. The molecule has 0 unspecified atom stereocenters. The Morgan fingerprint density at radius 1 is 1.00 bits per heavy atom. The van der Waals surface area contributed by atoms with E-state index in [0.717, 1.165) is 12.1 Å². The van der Waals surface area contributed by atoms with Crippen LogP contribution in [0, 0.1) is 21.7 Å². The summed E-state index contributed by atoms with van der Waals surface area (Å²) >= 11 is 0. The Hall–Kier alpha value is -2.74. The third-order valence-electron chi connectivity index (χ3n) is 2.50. The second-order valence-corrected chi connectivity index (χ2v) is 3.92. The molecular formula is C12H10F2N4O2. The maximum atomic E-state index is 13.1. The molecule has 0 aliphatic heterocycles. The van der Waals surface area contributed by atoms with Crippen molar-refractivity contribution in [1.82, 2.24) is 0 Å². The Bertz CT molecular complexity index is 664. The zero-order valence-corrected chi connectivity index (χ0v) is 10.1. The van der Waals surface area contributed by atoms with Crippen LogP contribution >= 0.6 is 0 Å².